The second-order valence-electron chi connectivity index (χ2n) is 5.87. The van der Waals surface area contributed by atoms with Crippen molar-refractivity contribution in [1.29, 1.82) is 0 Å². The van der Waals surface area contributed by atoms with Gasteiger partial charge in [-0.1, -0.05) is 41.4 Å². The fraction of sp³-hybridized carbons (Fsp3) is 0.562. The van der Waals surface area contributed by atoms with Gasteiger partial charge in [0.1, 0.15) is 0 Å². The van der Waals surface area contributed by atoms with Gasteiger partial charge in [-0.05, 0) is 36.6 Å². The Morgan fingerprint density at radius 1 is 1.43 bits per heavy atom. The van der Waals surface area contributed by atoms with Gasteiger partial charge < -0.3 is 10.2 Å². The summed E-state index contributed by atoms with van der Waals surface area (Å²) >= 11 is 9.58. The molecule has 0 aromatic heterocycles. The molecule has 21 heavy (non-hydrogen) atoms. The van der Waals surface area contributed by atoms with Gasteiger partial charge in [0.15, 0.2) is 0 Å². The zero-order valence-electron chi connectivity index (χ0n) is 12.5. The fourth-order valence-electron chi connectivity index (χ4n) is 2.60. The third-order valence-electron chi connectivity index (χ3n) is 3.89. The van der Waals surface area contributed by atoms with Gasteiger partial charge in [0, 0.05) is 41.1 Å². The van der Waals surface area contributed by atoms with Gasteiger partial charge in [-0.15, -0.1) is 0 Å². The lowest BCUT2D eigenvalue weighted by Crippen LogP contribution is -2.46. The molecule has 5 heteroatoms. The molecule has 0 radical (unpaired) electrons. The monoisotopic (exact) mass is 372 g/mol. The van der Waals surface area contributed by atoms with Gasteiger partial charge in [-0.3, -0.25) is 4.79 Å². The SMILES string of the molecule is CC(C)C(=O)N1CCC(NCc2cc(Cl)ccc2Br)CC1. The minimum Gasteiger partial charge on any atom is -0.342 e. The highest BCUT2D eigenvalue weighted by Crippen LogP contribution is 2.22. The number of carbonyl (C=O) groups excluding carboxylic acids is 1. The maximum atomic E-state index is 12.0. The first-order valence-electron chi connectivity index (χ1n) is 7.43. The number of carbonyl (C=O) groups is 1. The standard InChI is InChI=1S/C16H22BrClN2O/c1-11(2)16(21)20-7-5-14(6-8-20)19-10-12-9-13(18)3-4-15(12)17/h3-4,9,11,14,19H,5-8,10H2,1-2H3. The maximum absolute atomic E-state index is 12.0. The van der Waals surface area contributed by atoms with E-state index >= 15 is 0 Å². The summed E-state index contributed by atoms with van der Waals surface area (Å²) in [7, 11) is 0. The molecule has 3 nitrogen and oxygen atoms in total. The summed E-state index contributed by atoms with van der Waals surface area (Å²) in [5.74, 6) is 0.364. The van der Waals surface area contributed by atoms with Gasteiger partial charge in [-0.25, -0.2) is 0 Å². The van der Waals surface area contributed by atoms with Crippen molar-refractivity contribution in [2.24, 2.45) is 5.92 Å². The van der Waals surface area contributed by atoms with Crippen LogP contribution in [0.25, 0.3) is 0 Å². The van der Waals surface area contributed by atoms with E-state index in [4.69, 9.17) is 11.6 Å². The van der Waals surface area contributed by atoms with E-state index in [1.807, 2.05) is 36.9 Å². The summed E-state index contributed by atoms with van der Waals surface area (Å²) in [6.45, 7) is 6.42. The molecule has 1 aromatic rings. The van der Waals surface area contributed by atoms with E-state index in [2.05, 4.69) is 21.2 Å². The summed E-state index contributed by atoms with van der Waals surface area (Å²) < 4.78 is 1.08. The van der Waals surface area contributed by atoms with Gasteiger partial charge in [0.2, 0.25) is 5.91 Å². The van der Waals surface area contributed by atoms with Crippen LogP contribution in [0, 0.1) is 5.92 Å². The van der Waals surface area contributed by atoms with Crippen molar-refractivity contribution in [2.45, 2.75) is 39.3 Å². The van der Waals surface area contributed by atoms with Crippen LogP contribution in [0.15, 0.2) is 22.7 Å². The highest BCUT2D eigenvalue weighted by Gasteiger charge is 2.23. The van der Waals surface area contributed by atoms with Crippen molar-refractivity contribution < 1.29 is 4.79 Å². The Kier molecular flexibility index (Phi) is 6.08. The number of likely N-dealkylation sites (tertiary alicyclic amines) is 1. The summed E-state index contributed by atoms with van der Waals surface area (Å²) in [5.41, 5.74) is 1.17. The van der Waals surface area contributed by atoms with E-state index < -0.39 is 0 Å². The summed E-state index contributed by atoms with van der Waals surface area (Å²) in [6.07, 6.45) is 2.02. The second kappa shape index (κ2) is 7.61. The lowest BCUT2D eigenvalue weighted by atomic mass is 10.0. The van der Waals surface area contributed by atoms with E-state index in [0.29, 0.717) is 6.04 Å². The topological polar surface area (TPSA) is 32.3 Å². The number of nitrogens with one attached hydrogen (secondary N) is 1. The van der Waals surface area contributed by atoms with Crippen LogP contribution in [0.4, 0.5) is 0 Å². The Balaban J connectivity index is 1.81. The highest BCUT2D eigenvalue weighted by molar-refractivity contribution is 9.10. The normalized spacial score (nSPS) is 16.5. The van der Waals surface area contributed by atoms with Crippen LogP contribution in [0.2, 0.25) is 5.02 Å². The molecular formula is C16H22BrClN2O. The molecule has 1 saturated heterocycles. The molecule has 0 bridgehead atoms. The Hall–Kier alpha value is -0.580. The number of nitrogens with zero attached hydrogens (tertiary/aromatic N) is 1. The number of amides is 1. The molecule has 1 amide bonds. The Morgan fingerprint density at radius 2 is 2.10 bits per heavy atom. The van der Waals surface area contributed by atoms with Crippen molar-refractivity contribution in [3.05, 3.63) is 33.3 Å². The highest BCUT2D eigenvalue weighted by atomic mass is 79.9. The lowest BCUT2D eigenvalue weighted by Gasteiger charge is -2.33. The molecule has 0 unspecified atom stereocenters. The molecule has 0 saturated carbocycles. The number of benzene rings is 1. The average molecular weight is 374 g/mol. The zero-order chi connectivity index (χ0) is 15.4. The minimum absolute atomic E-state index is 0.0944. The van der Waals surface area contributed by atoms with E-state index in [1.54, 1.807) is 0 Å². The van der Waals surface area contributed by atoms with E-state index in [0.717, 1.165) is 42.0 Å². The van der Waals surface area contributed by atoms with Crippen LogP contribution in [0.5, 0.6) is 0 Å². The summed E-state index contributed by atoms with van der Waals surface area (Å²) in [6, 6.07) is 6.30. The second-order valence-corrected chi connectivity index (χ2v) is 7.16. The molecule has 0 atom stereocenters. The van der Waals surface area contributed by atoms with Crippen molar-refractivity contribution >= 4 is 33.4 Å². The molecule has 1 aliphatic rings. The maximum Gasteiger partial charge on any atom is 0.225 e. The minimum atomic E-state index is 0.0944. The largest absolute Gasteiger partial charge is 0.342 e. The van der Waals surface area contributed by atoms with Gasteiger partial charge in [-0.2, -0.15) is 0 Å². The van der Waals surface area contributed by atoms with Crippen molar-refractivity contribution in [2.75, 3.05) is 13.1 Å². The third-order valence-corrected chi connectivity index (χ3v) is 4.90. The first-order valence-corrected chi connectivity index (χ1v) is 8.60. The molecule has 1 aliphatic heterocycles. The van der Waals surface area contributed by atoms with Gasteiger partial charge in [0.05, 0.1) is 0 Å². The molecule has 1 fully saturated rings. The van der Waals surface area contributed by atoms with Gasteiger partial charge >= 0.3 is 0 Å². The number of piperidine rings is 1. The average Bonchev–Trinajstić information content (AvgIpc) is 2.48. The number of hydrogen-bond donors (Lipinski definition) is 1. The first-order chi connectivity index (χ1) is 9.97. The van der Waals surface area contributed by atoms with Crippen molar-refractivity contribution in [1.82, 2.24) is 10.2 Å². The zero-order valence-corrected chi connectivity index (χ0v) is 14.9. The van der Waals surface area contributed by atoms with Crippen LogP contribution in [-0.2, 0) is 11.3 Å². The Labute approximate surface area is 140 Å². The van der Waals surface area contributed by atoms with Crippen molar-refractivity contribution in [3.8, 4) is 0 Å². The predicted octanol–water partition coefficient (Wildman–Crippen LogP) is 3.84. The van der Waals surface area contributed by atoms with Gasteiger partial charge in [0.25, 0.3) is 0 Å². The smallest absolute Gasteiger partial charge is 0.225 e. The van der Waals surface area contributed by atoms with E-state index in [9.17, 15) is 4.79 Å². The Morgan fingerprint density at radius 3 is 2.71 bits per heavy atom. The lowest BCUT2D eigenvalue weighted by molar-refractivity contribution is -0.135. The molecule has 0 aliphatic carbocycles. The molecule has 116 valence electrons. The van der Waals surface area contributed by atoms with Crippen molar-refractivity contribution in [3.63, 3.8) is 0 Å². The number of halogens is 2. The predicted molar refractivity (Wildman–Crippen MR) is 90.4 cm³/mol. The quantitative estimate of drug-likeness (QED) is 0.869. The van der Waals surface area contributed by atoms with Crippen LogP contribution in [0.1, 0.15) is 32.3 Å². The van der Waals surface area contributed by atoms with Crippen LogP contribution in [-0.4, -0.2) is 29.9 Å². The number of hydrogen-bond acceptors (Lipinski definition) is 2. The van der Waals surface area contributed by atoms with Crippen LogP contribution in [0.3, 0.4) is 0 Å². The molecule has 0 spiro atoms. The molecule has 2 rings (SSSR count). The third kappa shape index (κ3) is 4.70. The molecular weight excluding hydrogens is 352 g/mol. The fourth-order valence-corrected chi connectivity index (χ4v) is 3.18. The Bertz CT molecular complexity index is 499. The van der Waals surface area contributed by atoms with Crippen LogP contribution >= 0.6 is 27.5 Å². The summed E-state index contributed by atoms with van der Waals surface area (Å²) in [4.78, 5) is 13.9. The first kappa shape index (κ1) is 16.8. The molecule has 1 N–H and O–H groups in total. The van der Waals surface area contributed by atoms with E-state index in [1.165, 1.54) is 5.56 Å². The summed E-state index contributed by atoms with van der Waals surface area (Å²) in [5, 5.41) is 4.32. The molecule has 1 aromatic carbocycles. The van der Waals surface area contributed by atoms with Crippen LogP contribution < -0.4 is 5.32 Å². The number of rotatable bonds is 4. The molecule has 1 heterocycles. The van der Waals surface area contributed by atoms with E-state index in [-0.39, 0.29) is 11.8 Å².